The molecule has 0 bridgehead atoms. The van der Waals surface area contributed by atoms with E-state index in [9.17, 15) is 4.39 Å². The highest BCUT2D eigenvalue weighted by Gasteiger charge is 2.21. The van der Waals surface area contributed by atoms with Gasteiger partial charge in [-0.3, -0.25) is 0 Å². The monoisotopic (exact) mass is 497 g/mol. The van der Waals surface area contributed by atoms with E-state index >= 15 is 0 Å². The van der Waals surface area contributed by atoms with Crippen molar-refractivity contribution in [3.05, 3.63) is 70.8 Å². The Balaban J connectivity index is 0.00000167. The third kappa shape index (κ3) is 5.88. The predicted molar refractivity (Wildman–Crippen MR) is 147 cm³/mol. The molecule has 1 saturated heterocycles. The van der Waals surface area contributed by atoms with Gasteiger partial charge in [0, 0.05) is 46.5 Å². The molecule has 3 aromatic rings. The second-order valence-electron chi connectivity index (χ2n) is 9.01. The standard InChI is InChI=1S/C26H31ClFN5.C2H6/c1-16(2)25(18-5-4-6-19(27)13-18)26(30)33-17(3)23(15-31-33)22-14-21(7-8-24(22)28)32-11-9-20(29)10-12-32;1-2/h4-8,13-16,20H,9-12,29-30H2,1-3H3;1-2H3/b26-25+;. The zero-order valence-electron chi connectivity index (χ0n) is 21.4. The molecule has 1 aromatic heterocycles. The zero-order chi connectivity index (χ0) is 25.7. The summed E-state index contributed by atoms with van der Waals surface area (Å²) in [4.78, 5) is 2.26. The molecule has 0 amide bonds. The number of halogens is 2. The van der Waals surface area contributed by atoms with Gasteiger partial charge in [0.2, 0.25) is 0 Å². The molecule has 0 radical (unpaired) electrons. The number of benzene rings is 2. The first kappa shape index (κ1) is 26.8. The van der Waals surface area contributed by atoms with Crippen LogP contribution in [0.15, 0.2) is 48.7 Å². The van der Waals surface area contributed by atoms with Crippen LogP contribution in [0.2, 0.25) is 5.02 Å². The lowest BCUT2D eigenvalue weighted by molar-refractivity contribution is 0.501. The van der Waals surface area contributed by atoms with E-state index in [2.05, 4.69) is 23.8 Å². The molecule has 4 rings (SSSR count). The molecule has 5 nitrogen and oxygen atoms in total. The van der Waals surface area contributed by atoms with Crippen molar-refractivity contribution in [3.8, 4) is 11.1 Å². The number of allylic oxidation sites excluding steroid dienone is 1. The van der Waals surface area contributed by atoms with Crippen LogP contribution in [0, 0.1) is 18.7 Å². The van der Waals surface area contributed by atoms with Crippen molar-refractivity contribution in [2.45, 2.75) is 53.5 Å². The highest BCUT2D eigenvalue weighted by Crippen LogP contribution is 2.34. The Kier molecular flexibility index (Phi) is 8.98. The number of rotatable bonds is 5. The molecule has 0 spiro atoms. The van der Waals surface area contributed by atoms with Crippen LogP contribution in [0.25, 0.3) is 22.5 Å². The van der Waals surface area contributed by atoms with Gasteiger partial charge in [-0.15, -0.1) is 0 Å². The van der Waals surface area contributed by atoms with E-state index in [1.165, 1.54) is 6.07 Å². The molecule has 1 fully saturated rings. The van der Waals surface area contributed by atoms with E-state index in [-0.39, 0.29) is 17.8 Å². The van der Waals surface area contributed by atoms with E-state index in [4.69, 9.17) is 23.1 Å². The van der Waals surface area contributed by atoms with Crippen LogP contribution in [0.1, 0.15) is 51.8 Å². The maximum absolute atomic E-state index is 14.9. The first-order chi connectivity index (χ1) is 16.8. The van der Waals surface area contributed by atoms with Crippen LogP contribution in [0.4, 0.5) is 10.1 Å². The summed E-state index contributed by atoms with van der Waals surface area (Å²) in [6.45, 7) is 11.8. The molecule has 2 aromatic carbocycles. The van der Waals surface area contributed by atoms with E-state index in [0.29, 0.717) is 16.4 Å². The SMILES string of the molecule is CC.Cc1c(-c2cc(N3CCC(N)CC3)ccc2F)cnn1/C(N)=C(/c1cccc(Cl)c1)C(C)C. The maximum Gasteiger partial charge on any atom is 0.131 e. The van der Waals surface area contributed by atoms with E-state index in [0.717, 1.165) is 54.0 Å². The number of nitrogens with two attached hydrogens (primary N) is 2. The zero-order valence-corrected chi connectivity index (χ0v) is 22.1. The van der Waals surface area contributed by atoms with Crippen LogP contribution in [-0.4, -0.2) is 28.9 Å². The smallest absolute Gasteiger partial charge is 0.131 e. The molecule has 1 aliphatic heterocycles. The van der Waals surface area contributed by atoms with Crippen molar-refractivity contribution >= 4 is 28.7 Å². The Morgan fingerprint density at radius 2 is 1.77 bits per heavy atom. The summed E-state index contributed by atoms with van der Waals surface area (Å²) in [7, 11) is 0. The summed E-state index contributed by atoms with van der Waals surface area (Å²) in [5.41, 5.74) is 17.6. The van der Waals surface area contributed by atoms with Crippen molar-refractivity contribution in [1.82, 2.24) is 9.78 Å². The molecular weight excluding hydrogens is 461 g/mol. The molecule has 0 saturated carbocycles. The van der Waals surface area contributed by atoms with Crippen LogP contribution in [0.3, 0.4) is 0 Å². The summed E-state index contributed by atoms with van der Waals surface area (Å²) >= 11 is 6.23. The molecule has 188 valence electrons. The number of anilines is 1. The summed E-state index contributed by atoms with van der Waals surface area (Å²) in [5.74, 6) is 0.371. The molecule has 0 unspecified atom stereocenters. The minimum absolute atomic E-state index is 0.140. The summed E-state index contributed by atoms with van der Waals surface area (Å²) < 4.78 is 16.6. The van der Waals surface area contributed by atoms with Gasteiger partial charge in [-0.2, -0.15) is 5.10 Å². The fraction of sp³-hybridized carbons (Fsp3) is 0.393. The first-order valence-electron chi connectivity index (χ1n) is 12.4. The highest BCUT2D eigenvalue weighted by atomic mass is 35.5. The Morgan fingerprint density at radius 3 is 2.40 bits per heavy atom. The average Bonchev–Trinajstić information content (AvgIpc) is 3.22. The number of hydrogen-bond acceptors (Lipinski definition) is 4. The lowest BCUT2D eigenvalue weighted by Crippen LogP contribution is -2.39. The van der Waals surface area contributed by atoms with Gasteiger partial charge in [-0.05, 0) is 61.6 Å². The minimum atomic E-state index is -0.281. The maximum atomic E-state index is 14.9. The van der Waals surface area contributed by atoms with Crippen LogP contribution < -0.4 is 16.4 Å². The van der Waals surface area contributed by atoms with Crippen molar-refractivity contribution in [1.29, 1.82) is 0 Å². The molecule has 35 heavy (non-hydrogen) atoms. The molecule has 7 heteroatoms. The predicted octanol–water partition coefficient (Wildman–Crippen LogP) is 6.55. The topological polar surface area (TPSA) is 73.1 Å². The number of piperidine rings is 1. The fourth-order valence-electron chi connectivity index (χ4n) is 4.54. The van der Waals surface area contributed by atoms with Crippen LogP contribution in [-0.2, 0) is 0 Å². The summed E-state index contributed by atoms with van der Waals surface area (Å²) in [6, 6.07) is 13.1. The third-order valence-electron chi connectivity index (χ3n) is 6.37. The second kappa shape index (κ2) is 11.7. The normalized spacial score (nSPS) is 15.1. The Bertz CT molecular complexity index is 1180. The van der Waals surface area contributed by atoms with Gasteiger partial charge >= 0.3 is 0 Å². The number of aromatic nitrogens is 2. The highest BCUT2D eigenvalue weighted by molar-refractivity contribution is 6.30. The van der Waals surface area contributed by atoms with Crippen LogP contribution in [0.5, 0.6) is 0 Å². The largest absolute Gasteiger partial charge is 0.383 e. The molecule has 1 aliphatic rings. The first-order valence-corrected chi connectivity index (χ1v) is 12.7. The van der Waals surface area contributed by atoms with Gasteiger partial charge in [0.05, 0.1) is 11.9 Å². The van der Waals surface area contributed by atoms with Crippen molar-refractivity contribution in [2.24, 2.45) is 17.4 Å². The van der Waals surface area contributed by atoms with Crippen LogP contribution >= 0.6 is 11.6 Å². The number of hydrogen-bond donors (Lipinski definition) is 2. The van der Waals surface area contributed by atoms with Gasteiger partial charge < -0.3 is 16.4 Å². The fourth-order valence-corrected chi connectivity index (χ4v) is 4.73. The molecule has 2 heterocycles. The van der Waals surface area contributed by atoms with Crippen molar-refractivity contribution < 1.29 is 4.39 Å². The third-order valence-corrected chi connectivity index (χ3v) is 6.61. The summed E-state index contributed by atoms with van der Waals surface area (Å²) in [6.07, 6.45) is 3.56. The Morgan fingerprint density at radius 1 is 1.09 bits per heavy atom. The summed E-state index contributed by atoms with van der Waals surface area (Å²) in [5, 5.41) is 5.19. The number of nitrogens with zero attached hydrogens (tertiary/aromatic N) is 3. The Hall–Kier alpha value is -2.83. The van der Waals surface area contributed by atoms with Gasteiger partial charge in [0.1, 0.15) is 11.6 Å². The van der Waals surface area contributed by atoms with E-state index in [1.807, 2.05) is 57.2 Å². The molecular formula is C28H37ClFN5. The minimum Gasteiger partial charge on any atom is -0.383 e. The van der Waals surface area contributed by atoms with E-state index < -0.39 is 0 Å². The van der Waals surface area contributed by atoms with E-state index in [1.54, 1.807) is 10.9 Å². The average molecular weight is 498 g/mol. The Labute approximate surface area is 213 Å². The van der Waals surface area contributed by atoms with Gasteiger partial charge in [-0.25, -0.2) is 9.07 Å². The van der Waals surface area contributed by atoms with Gasteiger partial charge in [0.15, 0.2) is 0 Å². The van der Waals surface area contributed by atoms with Crippen molar-refractivity contribution in [3.63, 3.8) is 0 Å². The lowest BCUT2D eigenvalue weighted by atomic mass is 9.95. The van der Waals surface area contributed by atoms with Crippen molar-refractivity contribution in [2.75, 3.05) is 18.0 Å². The molecule has 4 N–H and O–H groups in total. The quantitative estimate of drug-likeness (QED) is 0.419. The lowest BCUT2D eigenvalue weighted by Gasteiger charge is -2.32. The van der Waals surface area contributed by atoms with Gasteiger partial charge in [-0.1, -0.05) is 51.4 Å². The second-order valence-corrected chi connectivity index (χ2v) is 9.44. The van der Waals surface area contributed by atoms with Gasteiger partial charge in [0.25, 0.3) is 0 Å². The molecule has 0 atom stereocenters. The molecule has 0 aliphatic carbocycles.